The Morgan fingerprint density at radius 3 is 2.82 bits per heavy atom. The van der Waals surface area contributed by atoms with Crippen molar-refractivity contribution in [3.63, 3.8) is 0 Å². The third-order valence-electron chi connectivity index (χ3n) is 2.96. The lowest BCUT2D eigenvalue weighted by Crippen LogP contribution is -2.25. The van der Waals surface area contributed by atoms with Gasteiger partial charge in [-0.25, -0.2) is 0 Å². The Bertz CT molecular complexity index is 376. The third kappa shape index (κ3) is 3.46. The van der Waals surface area contributed by atoms with Crippen LogP contribution in [0.1, 0.15) is 12.8 Å². The first-order valence-corrected chi connectivity index (χ1v) is 7.51. The van der Waals surface area contributed by atoms with Gasteiger partial charge in [-0.1, -0.05) is 11.6 Å². The molecule has 94 valence electrons. The molecular weight excluding hydrogens is 252 g/mol. The Balaban J connectivity index is 2.04. The minimum Gasteiger partial charge on any atom is -0.381 e. The van der Waals surface area contributed by atoms with E-state index < -0.39 is 0 Å². The number of benzene rings is 1. The van der Waals surface area contributed by atoms with Gasteiger partial charge in [-0.15, -0.1) is 0 Å². The minimum atomic E-state index is 0.593. The van der Waals surface area contributed by atoms with Gasteiger partial charge in [0.15, 0.2) is 0 Å². The smallest absolute Gasteiger partial charge is 0.0659 e. The summed E-state index contributed by atoms with van der Waals surface area (Å²) in [4.78, 5) is 2.03. The van der Waals surface area contributed by atoms with E-state index in [4.69, 9.17) is 11.6 Å². The Kier molecular flexibility index (Phi) is 4.46. The van der Waals surface area contributed by atoms with E-state index in [1.54, 1.807) is 0 Å². The number of thioether (sulfide) groups is 1. The van der Waals surface area contributed by atoms with Crippen LogP contribution in [0, 0.1) is 0 Å². The van der Waals surface area contributed by atoms with Crippen LogP contribution >= 0.6 is 23.4 Å². The summed E-state index contributed by atoms with van der Waals surface area (Å²) < 4.78 is 0. The van der Waals surface area contributed by atoms with Gasteiger partial charge in [-0.05, 0) is 36.8 Å². The fourth-order valence-electron chi connectivity index (χ4n) is 2.05. The van der Waals surface area contributed by atoms with Crippen molar-refractivity contribution in [2.75, 3.05) is 35.8 Å². The molecule has 0 bridgehead atoms. The van der Waals surface area contributed by atoms with Gasteiger partial charge in [0.25, 0.3) is 0 Å². The number of nitrogens with one attached hydrogen (secondary N) is 1. The highest BCUT2D eigenvalue weighted by atomic mass is 35.5. The second-order valence-corrected chi connectivity index (χ2v) is 6.18. The molecule has 1 aromatic carbocycles. The lowest BCUT2D eigenvalue weighted by molar-refractivity contribution is 0.685. The summed E-state index contributed by atoms with van der Waals surface area (Å²) >= 11 is 8.29. The van der Waals surface area contributed by atoms with Gasteiger partial charge in [0, 0.05) is 31.6 Å². The number of halogens is 1. The zero-order chi connectivity index (χ0) is 12.3. The van der Waals surface area contributed by atoms with Crippen molar-refractivity contribution in [2.24, 2.45) is 0 Å². The summed E-state index contributed by atoms with van der Waals surface area (Å²) in [6.07, 6.45) is 2.58. The van der Waals surface area contributed by atoms with E-state index in [1.807, 2.05) is 36.8 Å². The quantitative estimate of drug-likeness (QED) is 0.901. The molecule has 17 heavy (non-hydrogen) atoms. The van der Waals surface area contributed by atoms with E-state index in [1.165, 1.54) is 24.3 Å². The predicted molar refractivity (Wildman–Crippen MR) is 79.7 cm³/mol. The zero-order valence-corrected chi connectivity index (χ0v) is 11.9. The maximum atomic E-state index is 6.26. The molecule has 0 aliphatic carbocycles. The van der Waals surface area contributed by atoms with Crippen LogP contribution in [0.5, 0.6) is 0 Å². The molecule has 1 fully saturated rings. The van der Waals surface area contributed by atoms with Crippen molar-refractivity contribution in [1.29, 1.82) is 0 Å². The number of hydrogen-bond donors (Lipinski definition) is 1. The number of hydrogen-bond acceptors (Lipinski definition) is 3. The van der Waals surface area contributed by atoms with Crippen molar-refractivity contribution in [3.05, 3.63) is 23.2 Å². The Morgan fingerprint density at radius 2 is 2.24 bits per heavy atom. The van der Waals surface area contributed by atoms with Crippen LogP contribution in [0.4, 0.5) is 11.4 Å². The molecule has 1 unspecified atom stereocenters. The van der Waals surface area contributed by atoms with E-state index in [-0.39, 0.29) is 0 Å². The predicted octanol–water partition coefficient (Wildman–Crippen LogP) is 3.71. The summed E-state index contributed by atoms with van der Waals surface area (Å²) in [5.74, 6) is 2.51. The van der Waals surface area contributed by atoms with E-state index in [9.17, 15) is 0 Å². The van der Waals surface area contributed by atoms with Gasteiger partial charge in [0.05, 0.1) is 10.7 Å². The highest BCUT2D eigenvalue weighted by Crippen LogP contribution is 2.29. The van der Waals surface area contributed by atoms with Crippen molar-refractivity contribution in [2.45, 2.75) is 18.9 Å². The minimum absolute atomic E-state index is 0.593. The SMILES string of the molecule is CN(C)c1ccc(NC2CCCSC2)cc1Cl. The van der Waals surface area contributed by atoms with E-state index in [0.717, 1.165) is 16.4 Å². The molecule has 2 rings (SSSR count). The number of nitrogens with zero attached hydrogens (tertiary/aromatic N) is 1. The summed E-state index contributed by atoms with van der Waals surface area (Å²) in [7, 11) is 4.01. The zero-order valence-electron chi connectivity index (χ0n) is 10.4. The van der Waals surface area contributed by atoms with Crippen LogP contribution in [0.15, 0.2) is 18.2 Å². The second-order valence-electron chi connectivity index (χ2n) is 4.62. The molecule has 1 N–H and O–H groups in total. The lowest BCUT2D eigenvalue weighted by Gasteiger charge is -2.24. The fraction of sp³-hybridized carbons (Fsp3) is 0.538. The number of rotatable bonds is 3. The maximum absolute atomic E-state index is 6.26. The van der Waals surface area contributed by atoms with Crippen LogP contribution in [-0.2, 0) is 0 Å². The normalized spacial score (nSPS) is 20.1. The van der Waals surface area contributed by atoms with Crippen molar-refractivity contribution < 1.29 is 0 Å². The van der Waals surface area contributed by atoms with Crippen molar-refractivity contribution in [1.82, 2.24) is 0 Å². The standard InChI is InChI=1S/C13H19ClN2S/c1-16(2)13-6-5-10(8-12(13)14)15-11-4-3-7-17-9-11/h5-6,8,11,15H,3-4,7,9H2,1-2H3. The van der Waals surface area contributed by atoms with E-state index >= 15 is 0 Å². The largest absolute Gasteiger partial charge is 0.381 e. The molecule has 2 nitrogen and oxygen atoms in total. The fourth-order valence-corrected chi connectivity index (χ4v) is 3.47. The summed E-state index contributed by atoms with van der Waals surface area (Å²) in [5.41, 5.74) is 2.20. The third-order valence-corrected chi connectivity index (χ3v) is 4.48. The first kappa shape index (κ1) is 12.9. The first-order chi connectivity index (χ1) is 8.16. The van der Waals surface area contributed by atoms with E-state index in [2.05, 4.69) is 17.4 Å². The molecule has 1 atom stereocenters. The summed E-state index contributed by atoms with van der Waals surface area (Å²) in [6.45, 7) is 0. The van der Waals surface area contributed by atoms with Crippen molar-refractivity contribution in [3.8, 4) is 0 Å². The molecular formula is C13H19ClN2S. The molecule has 1 heterocycles. The summed E-state index contributed by atoms with van der Waals surface area (Å²) in [5, 5.41) is 4.37. The number of anilines is 2. The van der Waals surface area contributed by atoms with Crippen LogP contribution < -0.4 is 10.2 Å². The van der Waals surface area contributed by atoms with Gasteiger partial charge in [-0.3, -0.25) is 0 Å². The first-order valence-electron chi connectivity index (χ1n) is 5.98. The average molecular weight is 271 g/mol. The van der Waals surface area contributed by atoms with Gasteiger partial charge in [0.1, 0.15) is 0 Å². The van der Waals surface area contributed by atoms with Gasteiger partial charge < -0.3 is 10.2 Å². The molecule has 4 heteroatoms. The van der Waals surface area contributed by atoms with Gasteiger partial charge in [-0.2, -0.15) is 11.8 Å². The summed E-state index contributed by atoms with van der Waals surface area (Å²) in [6, 6.07) is 6.80. The van der Waals surface area contributed by atoms with Crippen molar-refractivity contribution >= 4 is 34.7 Å². The lowest BCUT2D eigenvalue weighted by atomic mass is 10.1. The van der Waals surface area contributed by atoms with Crippen LogP contribution in [-0.4, -0.2) is 31.6 Å². The average Bonchev–Trinajstić information content (AvgIpc) is 2.30. The molecule has 1 aliphatic rings. The molecule has 1 aliphatic heterocycles. The van der Waals surface area contributed by atoms with Crippen LogP contribution in [0.25, 0.3) is 0 Å². The van der Waals surface area contributed by atoms with Gasteiger partial charge in [0.2, 0.25) is 0 Å². The molecule has 0 radical (unpaired) electrons. The Morgan fingerprint density at radius 1 is 1.41 bits per heavy atom. The molecule has 0 saturated carbocycles. The second kappa shape index (κ2) is 5.87. The Labute approximate surface area is 113 Å². The van der Waals surface area contributed by atoms with Gasteiger partial charge >= 0.3 is 0 Å². The molecule has 0 amide bonds. The monoisotopic (exact) mass is 270 g/mol. The van der Waals surface area contributed by atoms with Crippen LogP contribution in [0.2, 0.25) is 5.02 Å². The van der Waals surface area contributed by atoms with Crippen LogP contribution in [0.3, 0.4) is 0 Å². The molecule has 0 aromatic heterocycles. The molecule has 0 spiro atoms. The highest BCUT2D eigenvalue weighted by Gasteiger charge is 2.13. The molecule has 1 saturated heterocycles. The molecule has 1 aromatic rings. The highest BCUT2D eigenvalue weighted by molar-refractivity contribution is 7.99. The topological polar surface area (TPSA) is 15.3 Å². The maximum Gasteiger partial charge on any atom is 0.0659 e. The Hall–Kier alpha value is -0.540. The van der Waals surface area contributed by atoms with E-state index in [0.29, 0.717) is 6.04 Å².